The van der Waals surface area contributed by atoms with Crippen molar-refractivity contribution in [2.24, 2.45) is 0 Å². The second-order valence-electron chi connectivity index (χ2n) is 9.48. The molecule has 7 nitrogen and oxygen atoms in total. The highest BCUT2D eigenvalue weighted by Crippen LogP contribution is 2.35. The summed E-state index contributed by atoms with van der Waals surface area (Å²) < 4.78 is 2.35. The Morgan fingerprint density at radius 3 is 2.62 bits per heavy atom. The number of likely N-dealkylation sites (tertiary alicyclic amines) is 1. The molecule has 1 atom stereocenters. The Balaban J connectivity index is 1.38. The summed E-state index contributed by atoms with van der Waals surface area (Å²) >= 11 is 20.2. The number of aromatic nitrogens is 2. The summed E-state index contributed by atoms with van der Waals surface area (Å²) in [5.74, 6) is -0.189. The van der Waals surface area contributed by atoms with Gasteiger partial charge in [0.05, 0.1) is 15.6 Å². The van der Waals surface area contributed by atoms with Crippen LogP contribution in [0.5, 0.6) is 0 Å². The number of benzene rings is 1. The first-order valence-electron chi connectivity index (χ1n) is 12.2. The maximum atomic E-state index is 13.7. The monoisotopic (exact) mass is 579 g/mol. The van der Waals surface area contributed by atoms with Crippen molar-refractivity contribution in [2.75, 3.05) is 13.1 Å². The van der Waals surface area contributed by atoms with Crippen LogP contribution in [0.15, 0.2) is 48.8 Å². The minimum Gasteiger partial charge on any atom is -0.348 e. The Morgan fingerprint density at radius 2 is 1.95 bits per heavy atom. The molecule has 2 aliphatic rings. The predicted octanol–water partition coefficient (Wildman–Crippen LogP) is 6.63. The Labute approximate surface area is 235 Å². The molecule has 0 saturated carbocycles. The minimum atomic E-state index is -0.235. The van der Waals surface area contributed by atoms with Crippen molar-refractivity contribution < 1.29 is 9.63 Å². The van der Waals surface area contributed by atoms with E-state index in [1.54, 1.807) is 28.1 Å². The van der Waals surface area contributed by atoms with Crippen LogP contribution in [0.4, 0.5) is 0 Å². The number of hydrogen-bond acceptors (Lipinski definition) is 6. The zero-order valence-electron chi connectivity index (χ0n) is 20.5. The molecule has 1 aromatic carbocycles. The summed E-state index contributed by atoms with van der Waals surface area (Å²) in [4.78, 5) is 23.2. The molecule has 3 aromatic rings. The number of carbonyl (C=O) groups excluding carboxylic acids is 1. The first-order valence-corrected chi connectivity index (χ1v) is 14.2. The maximum absolute atomic E-state index is 13.7. The Hall–Kier alpha value is -2.07. The highest BCUT2D eigenvalue weighted by molar-refractivity contribution is 7.16. The molecule has 1 N–H and O–H groups in total. The van der Waals surface area contributed by atoms with E-state index >= 15 is 0 Å². The summed E-state index contributed by atoms with van der Waals surface area (Å²) in [5, 5.41) is 10.4. The van der Waals surface area contributed by atoms with E-state index in [-0.39, 0.29) is 24.7 Å². The lowest BCUT2D eigenvalue weighted by molar-refractivity contribution is -0.151. The van der Waals surface area contributed by atoms with Crippen molar-refractivity contribution in [1.29, 1.82) is 0 Å². The van der Waals surface area contributed by atoms with Crippen LogP contribution in [0.3, 0.4) is 0 Å². The Morgan fingerprint density at radius 1 is 1.16 bits per heavy atom. The molecule has 0 bridgehead atoms. The molecule has 37 heavy (non-hydrogen) atoms. The number of piperidine rings is 1. The van der Waals surface area contributed by atoms with Crippen molar-refractivity contribution in [3.8, 4) is 11.1 Å². The first kappa shape index (κ1) is 26.5. The number of halogens is 3. The predicted molar refractivity (Wildman–Crippen MR) is 149 cm³/mol. The second-order valence-corrected chi connectivity index (χ2v) is 12.1. The van der Waals surface area contributed by atoms with Gasteiger partial charge in [0.25, 0.3) is 5.91 Å². The normalized spacial score (nSPS) is 18.8. The van der Waals surface area contributed by atoms with E-state index in [9.17, 15) is 4.79 Å². The van der Waals surface area contributed by atoms with E-state index in [2.05, 4.69) is 29.2 Å². The average Bonchev–Trinajstić information content (AvgIpc) is 3.60. The second kappa shape index (κ2) is 11.4. The van der Waals surface area contributed by atoms with Crippen LogP contribution in [-0.2, 0) is 11.5 Å². The molecule has 1 amide bonds. The van der Waals surface area contributed by atoms with Gasteiger partial charge in [-0.15, -0.1) is 11.3 Å². The summed E-state index contributed by atoms with van der Waals surface area (Å²) in [6.07, 6.45) is 7.03. The van der Waals surface area contributed by atoms with E-state index in [1.165, 1.54) is 11.3 Å². The van der Waals surface area contributed by atoms with Gasteiger partial charge in [0.15, 0.2) is 0 Å². The lowest BCUT2D eigenvalue weighted by Gasteiger charge is -2.34. The zero-order valence-corrected chi connectivity index (χ0v) is 23.6. The van der Waals surface area contributed by atoms with Gasteiger partial charge < -0.3 is 10.2 Å². The Kier molecular flexibility index (Phi) is 8.14. The molecule has 1 unspecified atom stereocenters. The molecule has 0 spiro atoms. The fraction of sp³-hybridized carbons (Fsp3) is 0.385. The highest BCUT2D eigenvalue weighted by atomic mass is 35.5. The van der Waals surface area contributed by atoms with Crippen molar-refractivity contribution >= 4 is 52.0 Å². The van der Waals surface area contributed by atoms with Gasteiger partial charge in [-0.1, -0.05) is 40.9 Å². The molecule has 0 aliphatic carbocycles. The Bertz CT molecular complexity index is 1300. The number of amides is 1. The van der Waals surface area contributed by atoms with Gasteiger partial charge in [0.1, 0.15) is 18.5 Å². The van der Waals surface area contributed by atoms with Crippen LogP contribution in [0.2, 0.25) is 14.4 Å². The molecule has 2 aliphatic heterocycles. The fourth-order valence-corrected chi connectivity index (χ4v) is 6.26. The standard InChI is InChI=1S/C26H28Cl3N5O2S/c1-16(2)32-10-7-18(8-11-32)31-26(35)25-20(19-4-3-17(27)13-21(19)28)14-30-34(25)15-33-12-9-22(36-33)23-5-6-24(29)37-23/h3-6,9,12-14,16,18,22H,7-8,10-11,15H2,1-2H3,(H,31,35). The third-order valence-electron chi connectivity index (χ3n) is 6.69. The van der Waals surface area contributed by atoms with Gasteiger partial charge in [-0.05, 0) is 57.0 Å². The molecule has 1 saturated heterocycles. The van der Waals surface area contributed by atoms with Crippen LogP contribution >= 0.6 is 46.1 Å². The van der Waals surface area contributed by atoms with Gasteiger partial charge in [-0.2, -0.15) is 5.10 Å². The maximum Gasteiger partial charge on any atom is 0.270 e. The van der Waals surface area contributed by atoms with Crippen molar-refractivity contribution in [1.82, 2.24) is 25.1 Å². The third kappa shape index (κ3) is 6.00. The van der Waals surface area contributed by atoms with E-state index in [1.807, 2.05) is 30.5 Å². The van der Waals surface area contributed by atoms with Gasteiger partial charge >= 0.3 is 0 Å². The molecular formula is C26H28Cl3N5O2S. The van der Waals surface area contributed by atoms with Crippen molar-refractivity contribution in [3.63, 3.8) is 0 Å². The minimum absolute atomic E-state index is 0.0929. The molecule has 5 rings (SSSR count). The van der Waals surface area contributed by atoms with Crippen molar-refractivity contribution in [3.05, 3.63) is 73.8 Å². The van der Waals surface area contributed by atoms with Gasteiger partial charge in [0, 0.05) is 52.4 Å². The van der Waals surface area contributed by atoms with Crippen LogP contribution in [-0.4, -0.2) is 50.8 Å². The zero-order chi connectivity index (χ0) is 26.1. The molecule has 11 heteroatoms. The summed E-state index contributed by atoms with van der Waals surface area (Å²) in [5.41, 5.74) is 1.76. The van der Waals surface area contributed by atoms with Crippen LogP contribution in [0.25, 0.3) is 11.1 Å². The molecule has 196 valence electrons. The average molecular weight is 581 g/mol. The number of thiophene rings is 1. The quantitative estimate of drug-likeness (QED) is 0.340. The number of rotatable bonds is 7. The smallest absolute Gasteiger partial charge is 0.270 e. The number of nitrogens with zero attached hydrogens (tertiary/aromatic N) is 4. The van der Waals surface area contributed by atoms with E-state index in [0.29, 0.717) is 37.2 Å². The summed E-state index contributed by atoms with van der Waals surface area (Å²) in [7, 11) is 0. The number of hydrogen-bond donors (Lipinski definition) is 1. The van der Waals surface area contributed by atoms with Gasteiger partial charge in [-0.3, -0.25) is 9.63 Å². The van der Waals surface area contributed by atoms with Gasteiger partial charge in [-0.25, -0.2) is 9.75 Å². The van der Waals surface area contributed by atoms with Gasteiger partial charge in [0.2, 0.25) is 0 Å². The highest BCUT2D eigenvalue weighted by Gasteiger charge is 2.28. The van der Waals surface area contributed by atoms with Crippen LogP contribution in [0, 0.1) is 0 Å². The molecule has 4 heterocycles. The molecule has 0 radical (unpaired) electrons. The molecule has 1 fully saturated rings. The molecular weight excluding hydrogens is 553 g/mol. The SMILES string of the molecule is CC(C)N1CCC(NC(=O)c2c(-c3ccc(Cl)cc3Cl)cnn2CN2C=CC(c3ccc(Cl)s3)O2)CC1. The first-order chi connectivity index (χ1) is 17.8. The lowest BCUT2D eigenvalue weighted by atomic mass is 10.0. The topological polar surface area (TPSA) is 62.6 Å². The number of nitrogens with one attached hydrogen (secondary N) is 1. The van der Waals surface area contributed by atoms with E-state index in [0.717, 1.165) is 30.8 Å². The largest absolute Gasteiger partial charge is 0.348 e. The number of carbonyl (C=O) groups is 1. The van der Waals surface area contributed by atoms with E-state index in [4.69, 9.17) is 39.6 Å². The van der Waals surface area contributed by atoms with Crippen LogP contribution in [0.1, 0.15) is 48.2 Å². The third-order valence-corrected chi connectivity index (χ3v) is 8.54. The fourth-order valence-electron chi connectivity index (χ4n) is 4.68. The molecule has 2 aromatic heterocycles. The lowest BCUT2D eigenvalue weighted by Crippen LogP contribution is -2.47. The summed E-state index contributed by atoms with van der Waals surface area (Å²) in [6.45, 7) is 6.54. The van der Waals surface area contributed by atoms with Crippen molar-refractivity contribution in [2.45, 2.75) is 51.5 Å². The number of hydroxylamine groups is 2. The van der Waals surface area contributed by atoms with Crippen LogP contribution < -0.4 is 5.32 Å². The van der Waals surface area contributed by atoms with E-state index < -0.39 is 0 Å². The summed E-state index contributed by atoms with van der Waals surface area (Å²) in [6, 6.07) is 9.63.